The SMILES string of the molecule is CCN(C(=O)CN1C(=O)COc2ccc(-c3csc(Cc4ccccc4)n3)cc21)c1ccccc1. The quantitative estimate of drug-likeness (QED) is 0.363. The fourth-order valence-corrected chi connectivity index (χ4v) is 5.00. The van der Waals surface area contributed by atoms with Gasteiger partial charge in [0.05, 0.1) is 16.4 Å². The van der Waals surface area contributed by atoms with Gasteiger partial charge in [-0.3, -0.25) is 14.5 Å². The minimum Gasteiger partial charge on any atom is -0.482 e. The summed E-state index contributed by atoms with van der Waals surface area (Å²) in [4.78, 5) is 34.0. The van der Waals surface area contributed by atoms with Crippen LogP contribution < -0.4 is 14.5 Å². The van der Waals surface area contributed by atoms with Gasteiger partial charge in [-0.1, -0.05) is 48.5 Å². The van der Waals surface area contributed by atoms with Gasteiger partial charge in [0.2, 0.25) is 5.91 Å². The molecule has 0 saturated carbocycles. The summed E-state index contributed by atoms with van der Waals surface area (Å²) < 4.78 is 5.66. The zero-order valence-corrected chi connectivity index (χ0v) is 20.2. The standard InChI is InChI=1S/C28H25N3O3S/c1-2-30(22-11-7-4-8-12-22)27(32)17-31-24-16-21(13-14-25(24)34-18-28(31)33)23-19-35-26(29-23)15-20-9-5-3-6-10-20/h3-14,16,19H,2,15,17-18H2,1H3. The molecule has 0 fully saturated rings. The number of ether oxygens (including phenoxy) is 1. The van der Waals surface area contributed by atoms with Gasteiger partial charge in [0, 0.05) is 29.6 Å². The van der Waals surface area contributed by atoms with Crippen LogP contribution in [0.4, 0.5) is 11.4 Å². The molecule has 3 aromatic carbocycles. The summed E-state index contributed by atoms with van der Waals surface area (Å²) in [5.74, 6) is 0.197. The number of benzene rings is 3. The summed E-state index contributed by atoms with van der Waals surface area (Å²) in [5.41, 5.74) is 4.33. The Labute approximate surface area is 208 Å². The fraction of sp³-hybridized carbons (Fsp3) is 0.179. The predicted molar refractivity (Wildman–Crippen MR) is 139 cm³/mol. The van der Waals surface area contributed by atoms with Crippen LogP contribution in [0.2, 0.25) is 0 Å². The monoisotopic (exact) mass is 483 g/mol. The van der Waals surface area contributed by atoms with Crippen molar-refractivity contribution >= 4 is 34.5 Å². The van der Waals surface area contributed by atoms with Crippen LogP contribution in [0.3, 0.4) is 0 Å². The summed E-state index contributed by atoms with van der Waals surface area (Å²) in [5, 5.41) is 3.04. The lowest BCUT2D eigenvalue weighted by molar-refractivity contribution is -0.124. The number of para-hydroxylation sites is 1. The van der Waals surface area contributed by atoms with E-state index >= 15 is 0 Å². The van der Waals surface area contributed by atoms with Crippen molar-refractivity contribution in [2.75, 3.05) is 29.5 Å². The summed E-state index contributed by atoms with van der Waals surface area (Å²) in [7, 11) is 0. The van der Waals surface area contributed by atoms with Gasteiger partial charge in [0.15, 0.2) is 6.61 Å². The fourth-order valence-electron chi connectivity index (χ4n) is 4.16. The summed E-state index contributed by atoms with van der Waals surface area (Å²) in [6, 6.07) is 25.4. The average Bonchev–Trinajstić information content (AvgIpc) is 3.35. The third-order valence-electron chi connectivity index (χ3n) is 5.93. The molecule has 0 aliphatic carbocycles. The Bertz CT molecular complexity index is 1340. The number of anilines is 2. The van der Waals surface area contributed by atoms with Gasteiger partial charge in [-0.25, -0.2) is 4.98 Å². The van der Waals surface area contributed by atoms with E-state index in [4.69, 9.17) is 9.72 Å². The highest BCUT2D eigenvalue weighted by atomic mass is 32.1. The second-order valence-corrected chi connectivity index (χ2v) is 9.16. The minimum atomic E-state index is -0.241. The zero-order valence-electron chi connectivity index (χ0n) is 19.4. The van der Waals surface area contributed by atoms with E-state index in [0.29, 0.717) is 18.0 Å². The number of aromatic nitrogens is 1. The summed E-state index contributed by atoms with van der Waals surface area (Å²) >= 11 is 1.61. The summed E-state index contributed by atoms with van der Waals surface area (Å²) in [6.07, 6.45) is 0.769. The molecule has 5 rings (SSSR count). The van der Waals surface area contributed by atoms with Gasteiger partial charge in [0.1, 0.15) is 12.3 Å². The molecule has 4 aromatic rings. The van der Waals surface area contributed by atoms with Crippen LogP contribution in [0.25, 0.3) is 11.3 Å². The van der Waals surface area contributed by atoms with Crippen LogP contribution in [0.5, 0.6) is 5.75 Å². The molecular formula is C28H25N3O3S. The highest BCUT2D eigenvalue weighted by Crippen LogP contribution is 2.36. The molecule has 6 nitrogen and oxygen atoms in total. The highest BCUT2D eigenvalue weighted by Gasteiger charge is 2.29. The molecule has 176 valence electrons. The summed E-state index contributed by atoms with van der Waals surface area (Å²) in [6.45, 7) is 2.29. The lowest BCUT2D eigenvalue weighted by Crippen LogP contribution is -2.46. The van der Waals surface area contributed by atoms with Crippen LogP contribution in [-0.4, -0.2) is 36.5 Å². The number of carbonyl (C=O) groups is 2. The Hall–Kier alpha value is -3.97. The van der Waals surface area contributed by atoms with Crippen molar-refractivity contribution in [3.63, 3.8) is 0 Å². The number of rotatable bonds is 7. The first-order valence-electron chi connectivity index (χ1n) is 11.5. The van der Waals surface area contributed by atoms with E-state index in [2.05, 4.69) is 12.1 Å². The first-order chi connectivity index (χ1) is 17.1. The Balaban J connectivity index is 1.39. The van der Waals surface area contributed by atoms with Gasteiger partial charge in [0.25, 0.3) is 5.91 Å². The smallest absolute Gasteiger partial charge is 0.265 e. The number of nitrogens with zero attached hydrogens (tertiary/aromatic N) is 3. The van der Waals surface area contributed by atoms with Crippen molar-refractivity contribution in [2.45, 2.75) is 13.3 Å². The van der Waals surface area contributed by atoms with Crippen molar-refractivity contribution < 1.29 is 14.3 Å². The molecule has 1 aliphatic rings. The molecule has 2 heterocycles. The van der Waals surface area contributed by atoms with Crippen LogP contribution in [0.15, 0.2) is 84.2 Å². The molecule has 7 heteroatoms. The van der Waals surface area contributed by atoms with E-state index in [1.807, 2.05) is 79.0 Å². The maximum Gasteiger partial charge on any atom is 0.265 e. The number of amides is 2. The molecule has 0 radical (unpaired) electrons. The van der Waals surface area contributed by atoms with Crippen LogP contribution in [0, 0.1) is 0 Å². The highest BCUT2D eigenvalue weighted by molar-refractivity contribution is 7.10. The predicted octanol–water partition coefficient (Wildman–Crippen LogP) is 5.18. The van der Waals surface area contributed by atoms with Gasteiger partial charge in [-0.15, -0.1) is 11.3 Å². The third kappa shape index (κ3) is 4.95. The number of fused-ring (bicyclic) bond motifs is 1. The Morgan fingerprint density at radius 2 is 1.80 bits per heavy atom. The maximum atomic E-state index is 13.2. The maximum absolute atomic E-state index is 13.2. The molecule has 2 amide bonds. The zero-order chi connectivity index (χ0) is 24.2. The first kappa shape index (κ1) is 22.8. The third-order valence-corrected chi connectivity index (χ3v) is 6.77. The lowest BCUT2D eigenvalue weighted by atomic mass is 10.1. The van der Waals surface area contributed by atoms with E-state index in [-0.39, 0.29) is 25.0 Å². The van der Waals surface area contributed by atoms with Crippen molar-refractivity contribution in [1.29, 1.82) is 0 Å². The normalized spacial score (nSPS) is 12.7. The van der Waals surface area contributed by atoms with E-state index in [0.717, 1.165) is 28.4 Å². The van der Waals surface area contributed by atoms with Gasteiger partial charge in [-0.05, 0) is 42.8 Å². The second kappa shape index (κ2) is 10.1. The largest absolute Gasteiger partial charge is 0.482 e. The molecule has 0 spiro atoms. The Kier molecular flexibility index (Phi) is 6.59. The molecule has 0 atom stereocenters. The molecule has 1 aromatic heterocycles. The molecule has 0 N–H and O–H groups in total. The number of hydrogen-bond donors (Lipinski definition) is 0. The van der Waals surface area contributed by atoms with Gasteiger partial charge in [-0.2, -0.15) is 0 Å². The molecule has 1 aliphatic heterocycles. The number of hydrogen-bond acceptors (Lipinski definition) is 5. The minimum absolute atomic E-state index is 0.0578. The van der Waals surface area contributed by atoms with Crippen LogP contribution >= 0.6 is 11.3 Å². The number of likely N-dealkylation sites (N-methyl/N-ethyl adjacent to an activating group) is 1. The van der Waals surface area contributed by atoms with E-state index in [1.54, 1.807) is 16.2 Å². The van der Waals surface area contributed by atoms with Gasteiger partial charge < -0.3 is 9.64 Å². The first-order valence-corrected chi connectivity index (χ1v) is 12.4. The molecular weight excluding hydrogens is 458 g/mol. The van der Waals surface area contributed by atoms with Crippen LogP contribution in [0.1, 0.15) is 17.5 Å². The Morgan fingerprint density at radius 3 is 2.54 bits per heavy atom. The van der Waals surface area contributed by atoms with Crippen LogP contribution in [-0.2, 0) is 16.0 Å². The molecule has 0 unspecified atom stereocenters. The van der Waals surface area contributed by atoms with E-state index in [1.165, 1.54) is 10.5 Å². The molecule has 35 heavy (non-hydrogen) atoms. The Morgan fingerprint density at radius 1 is 1.06 bits per heavy atom. The molecule has 0 bridgehead atoms. The number of carbonyl (C=O) groups excluding carboxylic acids is 2. The van der Waals surface area contributed by atoms with Crippen molar-refractivity contribution in [2.24, 2.45) is 0 Å². The average molecular weight is 484 g/mol. The molecule has 0 saturated heterocycles. The topological polar surface area (TPSA) is 62.7 Å². The lowest BCUT2D eigenvalue weighted by Gasteiger charge is -2.31. The second-order valence-electron chi connectivity index (χ2n) is 8.21. The van der Waals surface area contributed by atoms with Gasteiger partial charge >= 0.3 is 0 Å². The van der Waals surface area contributed by atoms with Crippen molar-refractivity contribution in [1.82, 2.24) is 4.98 Å². The van der Waals surface area contributed by atoms with Crippen molar-refractivity contribution in [3.8, 4) is 17.0 Å². The van der Waals surface area contributed by atoms with E-state index in [9.17, 15) is 9.59 Å². The number of thiazole rings is 1. The van der Waals surface area contributed by atoms with E-state index < -0.39 is 0 Å². The van der Waals surface area contributed by atoms with Crippen molar-refractivity contribution in [3.05, 3.63) is 94.8 Å².